The van der Waals surface area contributed by atoms with Crippen LogP contribution in [0.2, 0.25) is 0 Å². The molecule has 3 N–H and O–H groups in total. The van der Waals surface area contributed by atoms with E-state index in [1.165, 1.54) is 0 Å². The Kier molecular flexibility index (Phi) is 7.90. The third kappa shape index (κ3) is 7.46. The maximum atomic E-state index is 11.7. The minimum atomic E-state index is 0.102. The average molecular weight is 226 g/mol. The topological polar surface area (TPSA) is 55.1 Å². The summed E-state index contributed by atoms with van der Waals surface area (Å²) in [5.74, 6) is 0.994. The first-order valence-corrected chi connectivity index (χ1v) is 6.09. The van der Waals surface area contributed by atoms with E-state index in [0.717, 1.165) is 12.8 Å². The van der Waals surface area contributed by atoms with Crippen molar-refractivity contribution in [2.24, 2.45) is 17.6 Å². The molecule has 0 bridgehead atoms. The van der Waals surface area contributed by atoms with Crippen molar-refractivity contribution in [1.82, 2.24) is 5.32 Å². The second-order valence-electron chi connectivity index (χ2n) is 4.93. The lowest BCUT2D eigenvalue weighted by atomic mass is 9.94. The highest BCUT2D eigenvalue weighted by atomic mass is 16.1. The fourth-order valence-electron chi connectivity index (χ4n) is 1.83. The molecular weight excluding hydrogens is 200 g/mol. The molecule has 0 aliphatic heterocycles. The lowest BCUT2D eigenvalue weighted by Gasteiger charge is -2.18. The van der Waals surface area contributed by atoms with E-state index in [4.69, 9.17) is 5.73 Å². The van der Waals surface area contributed by atoms with E-state index in [0.29, 0.717) is 24.8 Å². The van der Waals surface area contributed by atoms with Gasteiger partial charge in [0.05, 0.1) is 0 Å². The van der Waals surface area contributed by atoms with E-state index in [1.54, 1.807) is 0 Å². The van der Waals surface area contributed by atoms with Crippen molar-refractivity contribution in [3.05, 3.63) is 12.7 Å². The molecule has 1 unspecified atom stereocenters. The van der Waals surface area contributed by atoms with Crippen molar-refractivity contribution in [1.29, 1.82) is 0 Å². The first-order chi connectivity index (χ1) is 7.49. The van der Waals surface area contributed by atoms with E-state index in [9.17, 15) is 4.79 Å². The van der Waals surface area contributed by atoms with Crippen LogP contribution in [0.4, 0.5) is 0 Å². The van der Waals surface area contributed by atoms with Gasteiger partial charge in [0.2, 0.25) is 5.91 Å². The van der Waals surface area contributed by atoms with Crippen LogP contribution in [0.5, 0.6) is 0 Å². The zero-order valence-electron chi connectivity index (χ0n) is 10.8. The third-order valence-corrected chi connectivity index (χ3v) is 2.54. The van der Waals surface area contributed by atoms with Gasteiger partial charge in [-0.3, -0.25) is 4.79 Å². The predicted molar refractivity (Wildman–Crippen MR) is 69.0 cm³/mol. The van der Waals surface area contributed by atoms with Crippen LogP contribution in [0.3, 0.4) is 0 Å². The van der Waals surface area contributed by atoms with Crippen LogP contribution >= 0.6 is 0 Å². The van der Waals surface area contributed by atoms with Crippen molar-refractivity contribution in [2.45, 2.75) is 46.1 Å². The summed E-state index contributed by atoms with van der Waals surface area (Å²) >= 11 is 0. The monoisotopic (exact) mass is 226 g/mol. The van der Waals surface area contributed by atoms with Crippen molar-refractivity contribution in [3.63, 3.8) is 0 Å². The molecule has 0 rings (SSSR count). The van der Waals surface area contributed by atoms with E-state index in [1.807, 2.05) is 13.0 Å². The molecule has 0 radical (unpaired) electrons. The van der Waals surface area contributed by atoms with Crippen LogP contribution < -0.4 is 11.1 Å². The first kappa shape index (κ1) is 15.2. The van der Waals surface area contributed by atoms with Crippen molar-refractivity contribution >= 4 is 5.91 Å². The molecule has 3 nitrogen and oxygen atoms in total. The smallest absolute Gasteiger partial charge is 0.220 e. The fourth-order valence-corrected chi connectivity index (χ4v) is 1.83. The normalized spacial score (nSPS) is 14.6. The number of hydrogen-bond donors (Lipinski definition) is 2. The first-order valence-electron chi connectivity index (χ1n) is 6.09. The maximum absolute atomic E-state index is 11.7. The van der Waals surface area contributed by atoms with Crippen molar-refractivity contribution in [2.75, 3.05) is 6.54 Å². The van der Waals surface area contributed by atoms with Crippen LogP contribution in [0, 0.1) is 11.8 Å². The molecule has 2 atom stereocenters. The van der Waals surface area contributed by atoms with Gasteiger partial charge >= 0.3 is 0 Å². The summed E-state index contributed by atoms with van der Waals surface area (Å²) in [6.07, 6.45) is 4.18. The Morgan fingerprint density at radius 2 is 2.06 bits per heavy atom. The molecule has 0 aromatic rings. The van der Waals surface area contributed by atoms with E-state index in [-0.39, 0.29) is 11.9 Å². The summed E-state index contributed by atoms with van der Waals surface area (Å²) in [6, 6.07) is 0.169. The number of nitrogens with two attached hydrogens (primary N) is 1. The maximum Gasteiger partial charge on any atom is 0.220 e. The molecule has 3 heteroatoms. The van der Waals surface area contributed by atoms with Crippen molar-refractivity contribution < 1.29 is 4.79 Å². The minimum Gasteiger partial charge on any atom is -0.353 e. The standard InChI is InChI=1S/C13H26N2O/c1-5-6-11(4)15-13(16)8-12(9-14)7-10(2)3/h5,10-12H,1,6-9,14H2,2-4H3,(H,15,16)/t11?,12-/m0/s1. The van der Waals surface area contributed by atoms with Crippen LogP contribution in [-0.4, -0.2) is 18.5 Å². The van der Waals surface area contributed by atoms with Gasteiger partial charge in [0, 0.05) is 12.5 Å². The van der Waals surface area contributed by atoms with Crippen LogP contribution in [0.25, 0.3) is 0 Å². The molecular formula is C13H26N2O. The van der Waals surface area contributed by atoms with Gasteiger partial charge < -0.3 is 11.1 Å². The van der Waals surface area contributed by atoms with Gasteiger partial charge in [-0.2, -0.15) is 0 Å². The second kappa shape index (κ2) is 8.34. The van der Waals surface area contributed by atoms with E-state index >= 15 is 0 Å². The van der Waals surface area contributed by atoms with Crippen molar-refractivity contribution in [3.8, 4) is 0 Å². The minimum absolute atomic E-state index is 0.102. The number of carbonyl (C=O) groups excluding carboxylic acids is 1. The molecule has 94 valence electrons. The highest BCUT2D eigenvalue weighted by Crippen LogP contribution is 2.14. The Balaban J connectivity index is 3.95. The second-order valence-corrected chi connectivity index (χ2v) is 4.93. The summed E-state index contributed by atoms with van der Waals surface area (Å²) in [4.78, 5) is 11.7. The Bertz CT molecular complexity index is 214. The molecule has 0 saturated carbocycles. The third-order valence-electron chi connectivity index (χ3n) is 2.54. The summed E-state index contributed by atoms with van der Waals surface area (Å²) in [7, 11) is 0. The molecule has 0 aromatic carbocycles. The SMILES string of the molecule is C=CCC(C)NC(=O)C[C@@H](CN)CC(C)C. The molecule has 0 fully saturated rings. The molecule has 0 saturated heterocycles. The zero-order valence-corrected chi connectivity index (χ0v) is 10.8. The number of amides is 1. The largest absolute Gasteiger partial charge is 0.353 e. The number of hydrogen-bond acceptors (Lipinski definition) is 2. The van der Waals surface area contributed by atoms with Gasteiger partial charge in [-0.1, -0.05) is 19.9 Å². The Labute approximate surface area is 99.5 Å². The molecule has 0 aliphatic carbocycles. The number of rotatable bonds is 8. The van der Waals surface area contributed by atoms with E-state index in [2.05, 4.69) is 25.7 Å². The van der Waals surface area contributed by atoms with Gasteiger partial charge in [-0.05, 0) is 38.1 Å². The zero-order chi connectivity index (χ0) is 12.6. The Morgan fingerprint density at radius 3 is 2.50 bits per heavy atom. The number of carbonyl (C=O) groups is 1. The van der Waals surface area contributed by atoms with Crippen LogP contribution in [0.15, 0.2) is 12.7 Å². The summed E-state index contributed by atoms with van der Waals surface area (Å²) < 4.78 is 0. The van der Waals surface area contributed by atoms with Gasteiger partial charge in [-0.25, -0.2) is 0 Å². The highest BCUT2D eigenvalue weighted by molar-refractivity contribution is 5.76. The lowest BCUT2D eigenvalue weighted by molar-refractivity contribution is -0.122. The summed E-state index contributed by atoms with van der Waals surface area (Å²) in [5, 5.41) is 2.95. The van der Waals surface area contributed by atoms with Crippen LogP contribution in [0.1, 0.15) is 40.0 Å². The van der Waals surface area contributed by atoms with Crippen LogP contribution in [-0.2, 0) is 4.79 Å². The van der Waals surface area contributed by atoms with Gasteiger partial charge in [0.1, 0.15) is 0 Å². The Hall–Kier alpha value is -0.830. The molecule has 0 aromatic heterocycles. The van der Waals surface area contributed by atoms with Gasteiger partial charge in [0.15, 0.2) is 0 Å². The van der Waals surface area contributed by atoms with E-state index < -0.39 is 0 Å². The van der Waals surface area contributed by atoms with Gasteiger partial charge in [-0.15, -0.1) is 6.58 Å². The fraction of sp³-hybridized carbons (Fsp3) is 0.769. The summed E-state index contributed by atoms with van der Waals surface area (Å²) in [6.45, 7) is 10.5. The lowest BCUT2D eigenvalue weighted by Crippen LogP contribution is -2.34. The Morgan fingerprint density at radius 1 is 1.44 bits per heavy atom. The molecule has 0 heterocycles. The highest BCUT2D eigenvalue weighted by Gasteiger charge is 2.14. The molecule has 0 spiro atoms. The quantitative estimate of drug-likeness (QED) is 0.623. The summed E-state index contributed by atoms with van der Waals surface area (Å²) in [5.41, 5.74) is 5.66. The molecule has 1 amide bonds. The molecule has 16 heavy (non-hydrogen) atoms. The number of nitrogens with one attached hydrogen (secondary N) is 1. The predicted octanol–water partition coefficient (Wildman–Crippen LogP) is 2.08. The average Bonchev–Trinajstić information content (AvgIpc) is 2.15. The molecule has 0 aliphatic rings. The van der Waals surface area contributed by atoms with Gasteiger partial charge in [0.25, 0.3) is 0 Å².